The lowest BCUT2D eigenvalue weighted by Crippen LogP contribution is -2.43. The first-order valence-corrected chi connectivity index (χ1v) is 13.5. The molecule has 1 aliphatic heterocycles. The van der Waals surface area contributed by atoms with Crippen LogP contribution in [0.2, 0.25) is 5.02 Å². The molecule has 0 bridgehead atoms. The van der Waals surface area contributed by atoms with Crippen molar-refractivity contribution in [1.29, 1.82) is 0 Å². The molecule has 1 N–H and O–H groups in total. The maximum atomic E-state index is 15.1. The second kappa shape index (κ2) is 11.1. The minimum absolute atomic E-state index is 0.0398. The van der Waals surface area contributed by atoms with E-state index in [1.165, 1.54) is 34.1 Å². The van der Waals surface area contributed by atoms with E-state index in [0.29, 0.717) is 24.3 Å². The van der Waals surface area contributed by atoms with Gasteiger partial charge in [-0.15, -0.1) is 5.10 Å². The molecule has 1 unspecified atom stereocenters. The summed E-state index contributed by atoms with van der Waals surface area (Å²) >= 11 is 6.04. The van der Waals surface area contributed by atoms with E-state index in [9.17, 15) is 9.59 Å². The SMILES string of the molecule is Cc1nn(C)c2c1C(C(=O)Cc1ccc(-c3ncc[nH]3)cc1)N(C(=O)/C=C/c1c(-n3cnnn3)ccc(Cl)c1F)CC2. The quantitative estimate of drug-likeness (QED) is 0.287. The maximum absolute atomic E-state index is 15.1. The van der Waals surface area contributed by atoms with E-state index in [-0.39, 0.29) is 22.8 Å². The summed E-state index contributed by atoms with van der Waals surface area (Å²) in [7, 11) is 1.83. The number of aryl methyl sites for hydroxylation is 2. The molecule has 2 aromatic carbocycles. The summed E-state index contributed by atoms with van der Waals surface area (Å²) in [5.41, 5.74) is 4.37. The summed E-state index contributed by atoms with van der Waals surface area (Å²) in [6.07, 6.45) is 7.95. The van der Waals surface area contributed by atoms with Gasteiger partial charge in [0.2, 0.25) is 5.91 Å². The molecule has 1 amide bonds. The summed E-state index contributed by atoms with van der Waals surface area (Å²) in [5.74, 6) is -0.581. The van der Waals surface area contributed by atoms with Gasteiger partial charge in [-0.3, -0.25) is 14.3 Å². The van der Waals surface area contributed by atoms with Crippen molar-refractivity contribution >= 4 is 29.4 Å². The number of fused-ring (bicyclic) bond motifs is 1. The van der Waals surface area contributed by atoms with Crippen molar-refractivity contribution in [3.05, 3.63) is 100 Å². The zero-order chi connectivity index (χ0) is 29.4. The Balaban J connectivity index is 1.31. The Labute approximate surface area is 244 Å². The number of hydrogen-bond donors (Lipinski definition) is 1. The zero-order valence-electron chi connectivity index (χ0n) is 22.7. The largest absolute Gasteiger partial charge is 0.345 e. The van der Waals surface area contributed by atoms with Gasteiger partial charge < -0.3 is 9.88 Å². The van der Waals surface area contributed by atoms with Crippen LogP contribution < -0.4 is 0 Å². The molecule has 0 aliphatic carbocycles. The number of aromatic amines is 1. The van der Waals surface area contributed by atoms with Crippen molar-refractivity contribution in [3.63, 3.8) is 0 Å². The Morgan fingerprint density at radius 3 is 2.71 bits per heavy atom. The predicted molar refractivity (Wildman–Crippen MR) is 152 cm³/mol. The summed E-state index contributed by atoms with van der Waals surface area (Å²) in [5, 5.41) is 15.4. The molecule has 0 saturated heterocycles. The smallest absolute Gasteiger partial charge is 0.247 e. The zero-order valence-corrected chi connectivity index (χ0v) is 23.5. The second-order valence-corrected chi connectivity index (χ2v) is 10.3. The molecular formula is C29H25ClFN9O2. The van der Waals surface area contributed by atoms with Crippen molar-refractivity contribution in [2.45, 2.75) is 25.8 Å². The van der Waals surface area contributed by atoms with Gasteiger partial charge in [-0.1, -0.05) is 35.9 Å². The average Bonchev–Trinajstić information content (AvgIpc) is 3.77. The third kappa shape index (κ3) is 5.00. The Bertz CT molecular complexity index is 1800. The molecule has 5 aromatic rings. The van der Waals surface area contributed by atoms with Gasteiger partial charge in [0.15, 0.2) is 11.6 Å². The number of Topliss-reactive ketones (excluding diaryl/α,β-unsaturated/α-hetero) is 1. The second-order valence-electron chi connectivity index (χ2n) is 9.91. The number of aromatic nitrogens is 8. The molecule has 212 valence electrons. The fourth-order valence-electron chi connectivity index (χ4n) is 5.40. The molecule has 3 aromatic heterocycles. The van der Waals surface area contributed by atoms with E-state index < -0.39 is 17.8 Å². The number of halogens is 2. The normalized spacial score (nSPS) is 14.9. The molecule has 0 fully saturated rings. The fraction of sp³-hybridized carbons (Fsp3) is 0.207. The summed E-state index contributed by atoms with van der Waals surface area (Å²) in [6, 6.07) is 9.65. The fourth-order valence-corrected chi connectivity index (χ4v) is 5.56. The third-order valence-corrected chi connectivity index (χ3v) is 7.65. The number of imidazole rings is 1. The van der Waals surface area contributed by atoms with Crippen LogP contribution in [-0.2, 0) is 29.5 Å². The first-order valence-electron chi connectivity index (χ1n) is 13.2. The highest BCUT2D eigenvalue weighted by Crippen LogP contribution is 2.34. The maximum Gasteiger partial charge on any atom is 0.247 e. The Kier molecular flexibility index (Phi) is 7.21. The number of amides is 1. The lowest BCUT2D eigenvalue weighted by atomic mass is 9.90. The molecule has 1 atom stereocenters. The van der Waals surface area contributed by atoms with Gasteiger partial charge in [-0.2, -0.15) is 9.78 Å². The van der Waals surface area contributed by atoms with Crippen molar-refractivity contribution in [1.82, 2.24) is 44.9 Å². The van der Waals surface area contributed by atoms with E-state index in [0.717, 1.165) is 28.2 Å². The molecule has 0 spiro atoms. The van der Waals surface area contributed by atoms with Gasteiger partial charge in [0.25, 0.3) is 0 Å². The number of H-pyrrole nitrogens is 1. The van der Waals surface area contributed by atoms with Crippen LogP contribution in [0.4, 0.5) is 4.39 Å². The third-order valence-electron chi connectivity index (χ3n) is 7.36. The van der Waals surface area contributed by atoms with E-state index in [1.54, 1.807) is 23.1 Å². The van der Waals surface area contributed by atoms with Gasteiger partial charge >= 0.3 is 0 Å². The first kappa shape index (κ1) is 27.2. The predicted octanol–water partition coefficient (Wildman–Crippen LogP) is 3.84. The van der Waals surface area contributed by atoms with Crippen LogP contribution in [0.3, 0.4) is 0 Å². The van der Waals surface area contributed by atoms with Crippen molar-refractivity contribution < 1.29 is 14.0 Å². The van der Waals surface area contributed by atoms with Crippen LogP contribution in [-0.4, -0.2) is 63.1 Å². The van der Waals surface area contributed by atoms with Gasteiger partial charge in [0.1, 0.15) is 18.2 Å². The van der Waals surface area contributed by atoms with Crippen LogP contribution >= 0.6 is 11.6 Å². The number of nitrogens with one attached hydrogen (secondary N) is 1. The number of ketones is 1. The molecule has 42 heavy (non-hydrogen) atoms. The number of benzene rings is 2. The van der Waals surface area contributed by atoms with Gasteiger partial charge in [-0.25, -0.2) is 9.37 Å². The Morgan fingerprint density at radius 2 is 2.00 bits per heavy atom. The van der Waals surface area contributed by atoms with Crippen molar-refractivity contribution in [2.75, 3.05) is 6.54 Å². The highest BCUT2D eigenvalue weighted by molar-refractivity contribution is 6.31. The summed E-state index contributed by atoms with van der Waals surface area (Å²) < 4.78 is 18.1. The topological polar surface area (TPSA) is 127 Å². The number of tetrazole rings is 1. The molecular weight excluding hydrogens is 561 g/mol. The molecule has 1 aliphatic rings. The van der Waals surface area contributed by atoms with E-state index in [2.05, 4.69) is 30.6 Å². The van der Waals surface area contributed by atoms with Crippen LogP contribution in [0.15, 0.2) is 61.2 Å². The number of hydrogen-bond acceptors (Lipinski definition) is 7. The van der Waals surface area contributed by atoms with Gasteiger partial charge in [0, 0.05) is 67.3 Å². The van der Waals surface area contributed by atoms with E-state index in [1.807, 2.05) is 38.2 Å². The van der Waals surface area contributed by atoms with Crippen molar-refractivity contribution in [2.24, 2.45) is 7.05 Å². The highest BCUT2D eigenvalue weighted by atomic mass is 35.5. The number of nitrogens with zero attached hydrogens (tertiary/aromatic N) is 8. The number of carbonyl (C=O) groups is 2. The molecule has 11 nitrogen and oxygen atoms in total. The molecule has 0 radical (unpaired) electrons. The molecule has 6 rings (SSSR count). The standard InChI is InChI=1S/C29H25ClFN9O2/c1-17-26-23(38(2)35-17)11-14-39(28(26)24(41)15-18-3-5-19(6-4-18)29-32-12-13-33-29)25(42)10-7-20-22(40-16-34-36-37-40)9-8-21(30)27(20)31/h3-10,12-13,16,28H,11,14-15H2,1-2H3,(H,32,33)/b10-7+. The minimum atomic E-state index is -0.854. The van der Waals surface area contributed by atoms with Crippen LogP contribution in [0.25, 0.3) is 23.2 Å². The van der Waals surface area contributed by atoms with E-state index in [4.69, 9.17) is 11.6 Å². The number of carbonyl (C=O) groups excluding carboxylic acids is 2. The van der Waals surface area contributed by atoms with Gasteiger partial charge in [-0.05, 0) is 41.1 Å². The van der Waals surface area contributed by atoms with Crippen LogP contribution in [0.5, 0.6) is 0 Å². The lowest BCUT2D eigenvalue weighted by molar-refractivity contribution is -0.136. The Hall–Kier alpha value is -4.97. The Morgan fingerprint density at radius 1 is 1.19 bits per heavy atom. The minimum Gasteiger partial charge on any atom is -0.345 e. The number of rotatable bonds is 7. The molecule has 0 saturated carbocycles. The highest BCUT2D eigenvalue weighted by Gasteiger charge is 2.38. The first-order chi connectivity index (χ1) is 20.3. The summed E-state index contributed by atoms with van der Waals surface area (Å²) in [4.78, 5) is 36.5. The average molecular weight is 586 g/mol. The van der Waals surface area contributed by atoms with Gasteiger partial charge in [0.05, 0.1) is 16.4 Å². The molecule has 4 heterocycles. The monoisotopic (exact) mass is 585 g/mol. The molecule has 13 heteroatoms. The van der Waals surface area contributed by atoms with E-state index >= 15 is 4.39 Å². The van der Waals surface area contributed by atoms with Crippen molar-refractivity contribution in [3.8, 4) is 17.1 Å². The lowest BCUT2D eigenvalue weighted by Gasteiger charge is -2.35. The van der Waals surface area contributed by atoms with Crippen LogP contribution in [0.1, 0.15) is 34.1 Å². The van der Waals surface area contributed by atoms with Crippen LogP contribution in [0, 0.1) is 12.7 Å². The summed E-state index contributed by atoms with van der Waals surface area (Å²) in [6.45, 7) is 2.13.